The highest BCUT2D eigenvalue weighted by Crippen LogP contribution is 2.30. The molecule has 2 atom stereocenters. The first-order chi connectivity index (χ1) is 11.4. The van der Waals surface area contributed by atoms with Gasteiger partial charge in [-0.05, 0) is 32.8 Å². The van der Waals surface area contributed by atoms with E-state index >= 15 is 0 Å². The van der Waals surface area contributed by atoms with Crippen LogP contribution < -0.4 is 0 Å². The zero-order chi connectivity index (χ0) is 17.3. The van der Waals surface area contributed by atoms with E-state index in [1.165, 1.54) is 0 Å². The lowest BCUT2D eigenvalue weighted by atomic mass is 9.83. The summed E-state index contributed by atoms with van der Waals surface area (Å²) in [6.07, 6.45) is 1.83. The molecule has 1 fully saturated rings. The highest BCUT2D eigenvalue weighted by atomic mass is 35.5. The van der Waals surface area contributed by atoms with Crippen molar-refractivity contribution in [3.05, 3.63) is 34.9 Å². The smallest absolute Gasteiger partial charge is 0.235 e. The Labute approximate surface area is 147 Å². The van der Waals surface area contributed by atoms with E-state index in [0.717, 1.165) is 18.4 Å². The summed E-state index contributed by atoms with van der Waals surface area (Å²) in [5, 5.41) is 14.9. The van der Waals surface area contributed by atoms with Gasteiger partial charge in [-0.1, -0.05) is 35.0 Å². The van der Waals surface area contributed by atoms with Crippen LogP contribution in [0.25, 0.3) is 0 Å². The van der Waals surface area contributed by atoms with Crippen LogP contribution in [-0.2, 0) is 9.63 Å². The van der Waals surface area contributed by atoms with Crippen LogP contribution in [-0.4, -0.2) is 46.9 Å². The van der Waals surface area contributed by atoms with Crippen molar-refractivity contribution in [3.63, 3.8) is 0 Å². The second-order valence-corrected chi connectivity index (χ2v) is 7.49. The van der Waals surface area contributed by atoms with Crippen molar-refractivity contribution >= 4 is 23.2 Å². The number of hydrogen-bond donors (Lipinski definition) is 1. The molecule has 2 aliphatic rings. The van der Waals surface area contributed by atoms with Gasteiger partial charge in [0.2, 0.25) is 5.91 Å². The van der Waals surface area contributed by atoms with Crippen LogP contribution in [0.15, 0.2) is 29.4 Å². The summed E-state index contributed by atoms with van der Waals surface area (Å²) in [6.45, 7) is 5.12. The molecule has 6 heteroatoms. The summed E-state index contributed by atoms with van der Waals surface area (Å²) in [6, 6.07) is 7.35. The lowest BCUT2D eigenvalue weighted by molar-refractivity contribution is -0.138. The number of piperidine rings is 1. The molecule has 1 N–H and O–H groups in total. The molecule has 2 aliphatic heterocycles. The second kappa shape index (κ2) is 6.73. The molecule has 3 rings (SSSR count). The van der Waals surface area contributed by atoms with Crippen LogP contribution >= 0.6 is 11.6 Å². The molecule has 0 aliphatic carbocycles. The van der Waals surface area contributed by atoms with Gasteiger partial charge in [-0.3, -0.25) is 4.79 Å². The quantitative estimate of drug-likeness (QED) is 0.911. The van der Waals surface area contributed by atoms with E-state index in [-0.39, 0.29) is 18.4 Å². The Morgan fingerprint density at radius 1 is 1.42 bits per heavy atom. The minimum atomic E-state index is -0.787. The third-order valence-corrected chi connectivity index (χ3v) is 5.24. The molecular formula is C18H23ClN2O3. The Balaban J connectivity index is 1.77. The lowest BCUT2D eigenvalue weighted by Gasteiger charge is -2.39. The van der Waals surface area contributed by atoms with E-state index < -0.39 is 11.5 Å². The van der Waals surface area contributed by atoms with Gasteiger partial charge in [0, 0.05) is 29.6 Å². The average Bonchev–Trinajstić information content (AvgIpc) is 3.03. The molecule has 1 amide bonds. The molecule has 130 valence electrons. The number of benzene rings is 1. The number of carbonyl (C=O) groups excluding carboxylic acids is 1. The maximum atomic E-state index is 13.0. The minimum Gasteiger partial charge on any atom is -0.394 e. The highest BCUT2D eigenvalue weighted by molar-refractivity contribution is 6.35. The van der Waals surface area contributed by atoms with Gasteiger partial charge in [-0.15, -0.1) is 0 Å². The van der Waals surface area contributed by atoms with E-state index in [0.29, 0.717) is 23.8 Å². The molecule has 24 heavy (non-hydrogen) atoms. The fourth-order valence-corrected chi connectivity index (χ4v) is 3.62. The van der Waals surface area contributed by atoms with Crippen molar-refractivity contribution < 1.29 is 14.7 Å². The van der Waals surface area contributed by atoms with Crippen molar-refractivity contribution in [2.45, 2.75) is 32.3 Å². The second-order valence-electron chi connectivity index (χ2n) is 7.08. The van der Waals surface area contributed by atoms with E-state index in [4.69, 9.17) is 16.4 Å². The van der Waals surface area contributed by atoms with E-state index in [1.54, 1.807) is 19.9 Å². The van der Waals surface area contributed by atoms with Crippen LogP contribution in [0.3, 0.4) is 0 Å². The molecule has 1 unspecified atom stereocenters. The fraction of sp³-hybridized carbons (Fsp3) is 0.556. The van der Waals surface area contributed by atoms with Gasteiger partial charge in [0.15, 0.2) is 0 Å². The van der Waals surface area contributed by atoms with Crippen molar-refractivity contribution in [1.29, 1.82) is 0 Å². The number of carbonyl (C=O) groups is 1. The molecule has 0 bridgehead atoms. The van der Waals surface area contributed by atoms with Crippen LogP contribution in [0.2, 0.25) is 5.02 Å². The standard InChI is InChI=1S/C18H23ClN2O3/c1-18(2,23)12-6-5-9-21(10-12)17(22)14-11-24-20-16(14)13-7-3-4-8-15(13)19/h3-4,7-8,12,14,23H,5-6,9-11H2,1-2H3/t12-,14?/m1/s1. The van der Waals surface area contributed by atoms with Gasteiger partial charge < -0.3 is 14.8 Å². The number of amides is 1. The number of rotatable bonds is 3. The van der Waals surface area contributed by atoms with Gasteiger partial charge in [0.25, 0.3) is 0 Å². The van der Waals surface area contributed by atoms with Crippen molar-refractivity contribution in [2.75, 3.05) is 19.7 Å². The van der Waals surface area contributed by atoms with E-state index in [2.05, 4.69) is 5.16 Å². The minimum absolute atomic E-state index is 0.000111. The molecule has 0 saturated carbocycles. The summed E-state index contributed by atoms with van der Waals surface area (Å²) in [7, 11) is 0. The Kier molecular flexibility index (Phi) is 4.83. The Morgan fingerprint density at radius 3 is 2.88 bits per heavy atom. The molecule has 1 aromatic rings. The van der Waals surface area contributed by atoms with Gasteiger partial charge in [-0.25, -0.2) is 0 Å². The van der Waals surface area contributed by atoms with Gasteiger partial charge in [0.1, 0.15) is 18.2 Å². The number of nitrogens with zero attached hydrogens (tertiary/aromatic N) is 2. The summed E-state index contributed by atoms with van der Waals surface area (Å²) < 4.78 is 0. The molecule has 1 aromatic carbocycles. The molecule has 2 heterocycles. The summed E-state index contributed by atoms with van der Waals surface area (Å²) in [5.41, 5.74) is 0.548. The Morgan fingerprint density at radius 2 is 2.17 bits per heavy atom. The lowest BCUT2D eigenvalue weighted by Crippen LogP contribution is -2.49. The normalized spacial score (nSPS) is 24.5. The predicted octanol–water partition coefficient (Wildman–Crippen LogP) is 2.70. The van der Waals surface area contributed by atoms with E-state index in [1.807, 2.05) is 23.1 Å². The van der Waals surface area contributed by atoms with Crippen LogP contribution in [0, 0.1) is 11.8 Å². The van der Waals surface area contributed by atoms with Crippen LogP contribution in [0.5, 0.6) is 0 Å². The average molecular weight is 351 g/mol. The zero-order valence-corrected chi connectivity index (χ0v) is 14.8. The van der Waals surface area contributed by atoms with Gasteiger partial charge >= 0.3 is 0 Å². The largest absolute Gasteiger partial charge is 0.394 e. The first-order valence-electron chi connectivity index (χ1n) is 8.34. The van der Waals surface area contributed by atoms with Gasteiger partial charge in [-0.2, -0.15) is 0 Å². The third kappa shape index (κ3) is 3.42. The SMILES string of the molecule is CC(C)(O)[C@@H]1CCCN(C(=O)C2CON=C2c2ccccc2Cl)C1. The van der Waals surface area contributed by atoms with Crippen molar-refractivity contribution in [2.24, 2.45) is 17.0 Å². The molecule has 0 radical (unpaired) electrons. The highest BCUT2D eigenvalue weighted by Gasteiger charge is 2.39. The summed E-state index contributed by atoms with van der Waals surface area (Å²) in [5.74, 6) is -0.358. The Hall–Kier alpha value is -1.59. The number of aliphatic hydroxyl groups is 1. The first-order valence-corrected chi connectivity index (χ1v) is 8.71. The topological polar surface area (TPSA) is 62.1 Å². The number of hydrogen-bond acceptors (Lipinski definition) is 4. The Bertz CT molecular complexity index is 654. The fourth-order valence-electron chi connectivity index (χ4n) is 3.39. The molecule has 0 aromatic heterocycles. The third-order valence-electron chi connectivity index (χ3n) is 4.91. The number of halogens is 1. The van der Waals surface area contributed by atoms with Crippen LogP contribution in [0.1, 0.15) is 32.3 Å². The first kappa shape index (κ1) is 17.2. The summed E-state index contributed by atoms with van der Waals surface area (Å²) in [4.78, 5) is 20.1. The molecular weight excluding hydrogens is 328 g/mol. The maximum Gasteiger partial charge on any atom is 0.235 e. The molecule has 0 spiro atoms. The predicted molar refractivity (Wildman–Crippen MR) is 93.0 cm³/mol. The monoisotopic (exact) mass is 350 g/mol. The number of oxime groups is 1. The zero-order valence-electron chi connectivity index (χ0n) is 14.0. The molecule has 1 saturated heterocycles. The number of likely N-dealkylation sites (tertiary alicyclic amines) is 1. The van der Waals surface area contributed by atoms with Gasteiger partial charge in [0.05, 0.1) is 5.60 Å². The molecule has 5 nitrogen and oxygen atoms in total. The van der Waals surface area contributed by atoms with Crippen LogP contribution in [0.4, 0.5) is 0 Å². The van der Waals surface area contributed by atoms with Crippen molar-refractivity contribution in [1.82, 2.24) is 4.90 Å². The summed E-state index contributed by atoms with van der Waals surface area (Å²) >= 11 is 6.25. The maximum absolute atomic E-state index is 13.0. The van der Waals surface area contributed by atoms with Crippen molar-refractivity contribution in [3.8, 4) is 0 Å². The van der Waals surface area contributed by atoms with E-state index in [9.17, 15) is 9.90 Å².